The number of anilines is 2. The number of nitrogens with one attached hydrogen (secondary N) is 1. The lowest BCUT2D eigenvalue weighted by Gasteiger charge is -2.17. The predicted molar refractivity (Wildman–Crippen MR) is 118 cm³/mol. The van der Waals surface area contributed by atoms with Crippen LogP contribution in [0.1, 0.15) is 18.5 Å². The number of thioether (sulfide) groups is 1. The Hall–Kier alpha value is -3.20. The number of nitrogens with two attached hydrogens (primary N) is 1. The average Bonchev–Trinajstić information content (AvgIpc) is 3.13. The van der Waals surface area contributed by atoms with Crippen LogP contribution < -0.4 is 20.5 Å². The van der Waals surface area contributed by atoms with Gasteiger partial charge in [-0.1, -0.05) is 42.1 Å². The fourth-order valence-electron chi connectivity index (χ4n) is 2.93. The summed E-state index contributed by atoms with van der Waals surface area (Å²) in [5, 5.41) is 11.6. The van der Waals surface area contributed by atoms with Crippen molar-refractivity contribution in [3.8, 4) is 11.5 Å². The lowest BCUT2D eigenvalue weighted by Crippen LogP contribution is -2.25. The molecule has 0 fully saturated rings. The quantitative estimate of drug-likeness (QED) is 0.504. The molecular formula is C21H25N5O3S. The van der Waals surface area contributed by atoms with E-state index in [9.17, 15) is 4.79 Å². The smallest absolute Gasteiger partial charge is 0.247 e. The second kappa shape index (κ2) is 10.0. The third-order valence-corrected chi connectivity index (χ3v) is 5.52. The molecule has 1 heterocycles. The summed E-state index contributed by atoms with van der Waals surface area (Å²) in [6.07, 6.45) is 0.879. The summed E-state index contributed by atoms with van der Waals surface area (Å²) in [6.45, 7) is 1.76. The van der Waals surface area contributed by atoms with E-state index >= 15 is 0 Å². The number of nitrogens with zero attached hydrogens (tertiary/aromatic N) is 3. The van der Waals surface area contributed by atoms with Crippen molar-refractivity contribution in [1.29, 1.82) is 0 Å². The molecule has 3 rings (SSSR count). The van der Waals surface area contributed by atoms with E-state index in [-0.39, 0.29) is 11.9 Å². The van der Waals surface area contributed by atoms with Gasteiger partial charge in [0.25, 0.3) is 0 Å². The number of hydrogen-bond acceptors (Lipinski definition) is 7. The number of nitrogen functional groups attached to an aromatic ring is 1. The Kier molecular flexibility index (Phi) is 7.18. The monoisotopic (exact) mass is 427 g/mol. The molecule has 0 aliphatic rings. The van der Waals surface area contributed by atoms with E-state index in [2.05, 4.69) is 27.6 Å². The van der Waals surface area contributed by atoms with Gasteiger partial charge in [-0.25, -0.2) is 0 Å². The first kappa shape index (κ1) is 21.5. The van der Waals surface area contributed by atoms with Crippen LogP contribution in [0.2, 0.25) is 0 Å². The number of methoxy groups -OCH3 is 2. The first-order valence-corrected chi connectivity index (χ1v) is 10.4. The zero-order valence-corrected chi connectivity index (χ0v) is 18.0. The summed E-state index contributed by atoms with van der Waals surface area (Å²) in [5.74, 6) is 1.88. The largest absolute Gasteiger partial charge is 0.493 e. The highest BCUT2D eigenvalue weighted by atomic mass is 32.2. The van der Waals surface area contributed by atoms with Gasteiger partial charge in [0, 0.05) is 17.5 Å². The molecule has 1 atom stereocenters. The maximum absolute atomic E-state index is 12.8. The first-order chi connectivity index (χ1) is 14.5. The van der Waals surface area contributed by atoms with Gasteiger partial charge in [-0.3, -0.25) is 9.36 Å². The molecule has 0 bridgehead atoms. The molecule has 2 aromatic carbocycles. The highest BCUT2D eigenvalue weighted by Crippen LogP contribution is 2.30. The zero-order valence-electron chi connectivity index (χ0n) is 17.2. The van der Waals surface area contributed by atoms with Crippen molar-refractivity contribution in [2.24, 2.45) is 0 Å². The lowest BCUT2D eigenvalue weighted by molar-refractivity contribution is -0.118. The summed E-state index contributed by atoms with van der Waals surface area (Å²) in [6, 6.07) is 14.8. The number of benzene rings is 2. The van der Waals surface area contributed by atoms with Gasteiger partial charge in [0.05, 0.1) is 14.2 Å². The summed E-state index contributed by atoms with van der Waals surface area (Å²) < 4.78 is 12.2. The van der Waals surface area contributed by atoms with Crippen LogP contribution >= 0.6 is 11.8 Å². The van der Waals surface area contributed by atoms with Crippen molar-refractivity contribution in [2.75, 3.05) is 31.0 Å². The van der Waals surface area contributed by atoms with Crippen LogP contribution in [0, 0.1) is 0 Å². The second-order valence-electron chi connectivity index (χ2n) is 6.53. The van der Waals surface area contributed by atoms with Gasteiger partial charge in [0.2, 0.25) is 11.9 Å². The number of rotatable bonds is 9. The average molecular weight is 428 g/mol. The normalized spacial score (nSPS) is 11.7. The molecule has 1 unspecified atom stereocenters. The van der Waals surface area contributed by atoms with Crippen molar-refractivity contribution in [1.82, 2.24) is 14.8 Å². The molecule has 1 amide bonds. The highest BCUT2D eigenvalue weighted by molar-refractivity contribution is 7.99. The Morgan fingerprint density at radius 1 is 1.13 bits per heavy atom. The minimum absolute atomic E-state index is 0.201. The maximum Gasteiger partial charge on any atom is 0.247 e. The standard InChI is InChI=1S/C21H25N5O3S/c1-14(19(27)23-16-9-10-17(28-2)18(13-16)29-3)26-20(22)24-25-21(26)30-12-11-15-7-5-4-6-8-15/h4-10,13-14H,11-12H2,1-3H3,(H2,22,24)(H,23,27). The Labute approximate surface area is 179 Å². The van der Waals surface area contributed by atoms with Gasteiger partial charge in [0.15, 0.2) is 16.7 Å². The van der Waals surface area contributed by atoms with Gasteiger partial charge in [0.1, 0.15) is 6.04 Å². The Morgan fingerprint density at radius 2 is 1.87 bits per heavy atom. The molecular weight excluding hydrogens is 402 g/mol. The van der Waals surface area contributed by atoms with Crippen molar-refractivity contribution < 1.29 is 14.3 Å². The third-order valence-electron chi connectivity index (χ3n) is 4.57. The molecule has 3 aromatic rings. The molecule has 1 aromatic heterocycles. The van der Waals surface area contributed by atoms with Crippen molar-refractivity contribution in [3.63, 3.8) is 0 Å². The van der Waals surface area contributed by atoms with Crippen LogP contribution in [0.4, 0.5) is 11.6 Å². The molecule has 0 saturated carbocycles. The number of carbonyl (C=O) groups is 1. The van der Waals surface area contributed by atoms with Gasteiger partial charge in [-0.05, 0) is 31.0 Å². The number of hydrogen-bond donors (Lipinski definition) is 2. The van der Waals surface area contributed by atoms with Gasteiger partial charge in [-0.2, -0.15) is 0 Å². The van der Waals surface area contributed by atoms with Crippen LogP contribution in [0.15, 0.2) is 53.7 Å². The van der Waals surface area contributed by atoms with Crippen molar-refractivity contribution in [2.45, 2.75) is 24.5 Å². The molecule has 0 spiro atoms. The SMILES string of the molecule is COc1ccc(NC(=O)C(C)n2c(N)nnc2SCCc2ccccc2)cc1OC. The van der Waals surface area contributed by atoms with Gasteiger partial charge >= 0.3 is 0 Å². The highest BCUT2D eigenvalue weighted by Gasteiger charge is 2.22. The number of amides is 1. The fourth-order valence-corrected chi connectivity index (χ4v) is 3.94. The molecule has 3 N–H and O–H groups in total. The summed E-state index contributed by atoms with van der Waals surface area (Å²) >= 11 is 1.52. The molecule has 0 aliphatic carbocycles. The summed E-state index contributed by atoms with van der Waals surface area (Å²) in [5.41, 5.74) is 7.83. The Morgan fingerprint density at radius 3 is 2.57 bits per heavy atom. The van der Waals surface area contributed by atoms with Gasteiger partial charge in [-0.15, -0.1) is 10.2 Å². The minimum atomic E-state index is -0.590. The Balaban J connectivity index is 1.68. The van der Waals surface area contributed by atoms with Crippen LogP contribution in [0.5, 0.6) is 11.5 Å². The maximum atomic E-state index is 12.8. The van der Waals surface area contributed by atoms with Crippen LogP contribution in [-0.2, 0) is 11.2 Å². The number of aromatic nitrogens is 3. The van der Waals surface area contributed by atoms with Crippen LogP contribution in [-0.4, -0.2) is 40.6 Å². The van der Waals surface area contributed by atoms with Crippen molar-refractivity contribution >= 4 is 29.3 Å². The topological polar surface area (TPSA) is 104 Å². The summed E-state index contributed by atoms with van der Waals surface area (Å²) in [7, 11) is 3.10. The molecule has 0 radical (unpaired) electrons. The van der Waals surface area contributed by atoms with E-state index in [4.69, 9.17) is 15.2 Å². The zero-order chi connectivity index (χ0) is 21.5. The van der Waals surface area contributed by atoms with E-state index in [1.807, 2.05) is 18.2 Å². The van der Waals surface area contributed by atoms with E-state index in [0.717, 1.165) is 12.2 Å². The first-order valence-electron chi connectivity index (χ1n) is 9.43. The van der Waals surface area contributed by atoms with E-state index in [1.54, 1.807) is 43.9 Å². The number of carbonyl (C=O) groups excluding carboxylic acids is 1. The molecule has 158 valence electrons. The van der Waals surface area contributed by atoms with E-state index in [1.165, 1.54) is 17.3 Å². The molecule has 0 aliphatic heterocycles. The van der Waals surface area contributed by atoms with E-state index in [0.29, 0.717) is 22.3 Å². The second-order valence-corrected chi connectivity index (χ2v) is 7.59. The van der Waals surface area contributed by atoms with Crippen LogP contribution in [0.25, 0.3) is 0 Å². The molecule has 30 heavy (non-hydrogen) atoms. The molecule has 0 saturated heterocycles. The van der Waals surface area contributed by atoms with E-state index < -0.39 is 6.04 Å². The van der Waals surface area contributed by atoms with Gasteiger partial charge < -0.3 is 20.5 Å². The Bertz CT molecular complexity index is 994. The minimum Gasteiger partial charge on any atom is -0.493 e. The van der Waals surface area contributed by atoms with Crippen LogP contribution in [0.3, 0.4) is 0 Å². The molecule has 8 nitrogen and oxygen atoms in total. The lowest BCUT2D eigenvalue weighted by atomic mass is 10.2. The number of ether oxygens (including phenoxy) is 2. The number of aryl methyl sites for hydroxylation is 1. The fraction of sp³-hybridized carbons (Fsp3) is 0.286. The van der Waals surface area contributed by atoms with Crippen molar-refractivity contribution in [3.05, 3.63) is 54.1 Å². The third kappa shape index (κ3) is 5.04. The summed E-state index contributed by atoms with van der Waals surface area (Å²) in [4.78, 5) is 12.8. The molecule has 9 heteroatoms. The predicted octanol–water partition coefficient (Wildman–Crippen LogP) is 3.41.